The quantitative estimate of drug-likeness (QED) is 0.651. The monoisotopic (exact) mass is 267 g/mol. The molecule has 0 aliphatic heterocycles. The molecule has 0 saturated heterocycles. The molecule has 0 aliphatic carbocycles. The lowest BCUT2D eigenvalue weighted by Gasteiger charge is -2.11. The van der Waals surface area contributed by atoms with Crippen molar-refractivity contribution in [2.24, 2.45) is 10.8 Å². The maximum atomic E-state index is 10.9. The van der Waals surface area contributed by atoms with Crippen LogP contribution in [-0.2, 0) is 0 Å². The predicted molar refractivity (Wildman–Crippen MR) is 80.7 cm³/mol. The molecule has 0 aliphatic rings. The highest BCUT2D eigenvalue weighted by Crippen LogP contribution is 2.16. The number of nitrogens with two attached hydrogens (primary N) is 1. The van der Waals surface area contributed by atoms with E-state index in [1.165, 1.54) is 5.56 Å². The Hall–Kier alpha value is -2.62. The molecule has 2 amide bonds. The number of rotatable bonds is 3. The minimum Gasteiger partial charge on any atom is -0.350 e. The van der Waals surface area contributed by atoms with Gasteiger partial charge in [-0.2, -0.15) is 5.10 Å². The molecule has 4 heteroatoms. The van der Waals surface area contributed by atoms with Crippen molar-refractivity contribution in [3.05, 3.63) is 70.8 Å². The van der Waals surface area contributed by atoms with E-state index in [-0.39, 0.29) is 0 Å². The molecule has 0 unspecified atom stereocenters. The lowest BCUT2D eigenvalue weighted by Crippen LogP contribution is -2.26. The molecular weight excluding hydrogens is 250 g/mol. The van der Waals surface area contributed by atoms with E-state index in [4.69, 9.17) is 5.73 Å². The fraction of sp³-hybridized carbons (Fsp3) is 0.125. The third-order valence-corrected chi connectivity index (χ3v) is 2.96. The van der Waals surface area contributed by atoms with E-state index in [1.807, 2.05) is 56.3 Å². The van der Waals surface area contributed by atoms with Crippen molar-refractivity contribution in [3.8, 4) is 0 Å². The number of hydrogen-bond donors (Lipinski definition) is 2. The average molecular weight is 267 g/mol. The van der Waals surface area contributed by atoms with Crippen LogP contribution in [0.4, 0.5) is 4.79 Å². The third kappa shape index (κ3) is 3.23. The molecule has 4 nitrogen and oxygen atoms in total. The maximum absolute atomic E-state index is 10.9. The highest BCUT2D eigenvalue weighted by atomic mass is 16.2. The number of carbonyl (C=O) groups excluding carboxylic acids is 1. The van der Waals surface area contributed by atoms with Gasteiger partial charge in [0.05, 0.1) is 5.71 Å². The van der Waals surface area contributed by atoms with Gasteiger partial charge in [-0.3, -0.25) is 0 Å². The van der Waals surface area contributed by atoms with Crippen LogP contribution in [0.2, 0.25) is 0 Å². The zero-order valence-electron chi connectivity index (χ0n) is 11.6. The van der Waals surface area contributed by atoms with Crippen molar-refractivity contribution in [1.82, 2.24) is 5.43 Å². The number of hydrogen-bond acceptors (Lipinski definition) is 2. The van der Waals surface area contributed by atoms with Crippen molar-refractivity contribution in [2.45, 2.75) is 13.8 Å². The first-order chi connectivity index (χ1) is 9.58. The van der Waals surface area contributed by atoms with Gasteiger partial charge in [-0.1, -0.05) is 54.1 Å². The smallest absolute Gasteiger partial charge is 0.332 e. The second kappa shape index (κ2) is 6.02. The summed E-state index contributed by atoms with van der Waals surface area (Å²) in [6.07, 6.45) is 0. The number of hydrazone groups is 1. The Kier molecular flexibility index (Phi) is 4.15. The molecule has 2 rings (SSSR count). The Morgan fingerprint density at radius 1 is 1.10 bits per heavy atom. The van der Waals surface area contributed by atoms with Gasteiger partial charge in [0.15, 0.2) is 0 Å². The summed E-state index contributed by atoms with van der Waals surface area (Å²) in [5.74, 6) is 0. The van der Waals surface area contributed by atoms with Crippen LogP contribution in [0.1, 0.15) is 22.3 Å². The van der Waals surface area contributed by atoms with Gasteiger partial charge in [-0.05, 0) is 19.4 Å². The van der Waals surface area contributed by atoms with Crippen molar-refractivity contribution in [1.29, 1.82) is 0 Å². The van der Waals surface area contributed by atoms with E-state index in [2.05, 4.69) is 16.6 Å². The van der Waals surface area contributed by atoms with Gasteiger partial charge in [-0.25, -0.2) is 10.2 Å². The van der Waals surface area contributed by atoms with E-state index in [0.717, 1.165) is 16.7 Å². The molecule has 2 aromatic rings. The molecule has 0 aromatic heterocycles. The van der Waals surface area contributed by atoms with Gasteiger partial charge >= 0.3 is 6.03 Å². The van der Waals surface area contributed by atoms with Gasteiger partial charge in [0.1, 0.15) is 0 Å². The fourth-order valence-corrected chi connectivity index (χ4v) is 2.07. The highest BCUT2D eigenvalue weighted by molar-refractivity contribution is 6.13. The molecular formula is C16H17N3O. The molecule has 0 spiro atoms. The van der Waals surface area contributed by atoms with Crippen molar-refractivity contribution in [2.75, 3.05) is 0 Å². The number of aryl methyl sites for hydroxylation is 2. The zero-order chi connectivity index (χ0) is 14.5. The summed E-state index contributed by atoms with van der Waals surface area (Å²) in [7, 11) is 0. The van der Waals surface area contributed by atoms with E-state index in [9.17, 15) is 4.79 Å². The summed E-state index contributed by atoms with van der Waals surface area (Å²) < 4.78 is 0. The number of carbonyl (C=O) groups is 1. The van der Waals surface area contributed by atoms with Gasteiger partial charge in [0, 0.05) is 11.1 Å². The lowest BCUT2D eigenvalue weighted by atomic mass is 9.97. The molecule has 0 radical (unpaired) electrons. The molecule has 0 fully saturated rings. The summed E-state index contributed by atoms with van der Waals surface area (Å²) >= 11 is 0. The van der Waals surface area contributed by atoms with Crippen LogP contribution in [0.25, 0.3) is 0 Å². The van der Waals surface area contributed by atoms with E-state index >= 15 is 0 Å². The largest absolute Gasteiger partial charge is 0.350 e. The summed E-state index contributed by atoms with van der Waals surface area (Å²) in [4.78, 5) is 10.9. The van der Waals surface area contributed by atoms with Crippen LogP contribution in [-0.4, -0.2) is 11.7 Å². The van der Waals surface area contributed by atoms with E-state index in [0.29, 0.717) is 5.71 Å². The number of nitrogens with zero attached hydrogens (tertiary/aromatic N) is 1. The first-order valence-corrected chi connectivity index (χ1v) is 6.34. The SMILES string of the molecule is Cc1ccc(/C(=N/NC(N)=O)c2ccccc2)c(C)c1. The minimum absolute atomic E-state index is 0.678. The van der Waals surface area contributed by atoms with Gasteiger partial charge in [0.2, 0.25) is 0 Å². The third-order valence-electron chi connectivity index (χ3n) is 2.96. The molecule has 0 bridgehead atoms. The Bertz CT molecular complexity index is 648. The zero-order valence-corrected chi connectivity index (χ0v) is 11.6. The van der Waals surface area contributed by atoms with Gasteiger partial charge in [0.25, 0.3) is 0 Å². The number of amides is 2. The van der Waals surface area contributed by atoms with Crippen LogP contribution in [0.3, 0.4) is 0 Å². The molecule has 0 heterocycles. The van der Waals surface area contributed by atoms with Crippen LogP contribution in [0, 0.1) is 13.8 Å². The Labute approximate surface area is 118 Å². The molecule has 2 aromatic carbocycles. The highest BCUT2D eigenvalue weighted by Gasteiger charge is 2.10. The Morgan fingerprint density at radius 2 is 1.80 bits per heavy atom. The Balaban J connectivity index is 2.52. The molecule has 0 saturated carbocycles. The van der Waals surface area contributed by atoms with Gasteiger partial charge < -0.3 is 5.73 Å². The topological polar surface area (TPSA) is 67.5 Å². The Morgan fingerprint density at radius 3 is 2.40 bits per heavy atom. The van der Waals surface area contributed by atoms with Crippen molar-refractivity contribution >= 4 is 11.7 Å². The van der Waals surface area contributed by atoms with Crippen LogP contribution in [0.5, 0.6) is 0 Å². The average Bonchev–Trinajstić information content (AvgIpc) is 2.42. The fourth-order valence-electron chi connectivity index (χ4n) is 2.07. The van der Waals surface area contributed by atoms with Crippen LogP contribution >= 0.6 is 0 Å². The maximum Gasteiger partial charge on any atom is 0.332 e. The molecule has 0 atom stereocenters. The molecule has 102 valence electrons. The normalized spacial score (nSPS) is 11.2. The minimum atomic E-state index is -0.678. The predicted octanol–water partition coefficient (Wildman–Crippen LogP) is 2.72. The van der Waals surface area contributed by atoms with Crippen molar-refractivity contribution < 1.29 is 4.79 Å². The summed E-state index contributed by atoms with van der Waals surface area (Å²) in [6.45, 7) is 4.06. The van der Waals surface area contributed by atoms with Crippen LogP contribution in [0.15, 0.2) is 53.6 Å². The molecule has 20 heavy (non-hydrogen) atoms. The van der Waals surface area contributed by atoms with Gasteiger partial charge in [-0.15, -0.1) is 0 Å². The number of nitrogens with one attached hydrogen (secondary N) is 1. The second-order valence-electron chi connectivity index (χ2n) is 4.62. The summed E-state index contributed by atoms with van der Waals surface area (Å²) in [5, 5.41) is 4.15. The number of primary amides is 1. The summed E-state index contributed by atoms with van der Waals surface area (Å²) in [5.41, 5.74) is 12.3. The number of benzene rings is 2. The first kappa shape index (κ1) is 13.8. The second-order valence-corrected chi connectivity index (χ2v) is 4.62. The summed E-state index contributed by atoms with van der Waals surface area (Å²) in [6, 6.07) is 15.1. The van der Waals surface area contributed by atoms with Crippen LogP contribution < -0.4 is 11.2 Å². The van der Waals surface area contributed by atoms with Crippen molar-refractivity contribution in [3.63, 3.8) is 0 Å². The van der Waals surface area contributed by atoms with E-state index in [1.54, 1.807) is 0 Å². The lowest BCUT2D eigenvalue weighted by molar-refractivity contribution is 0.249. The standard InChI is InChI=1S/C16H17N3O/c1-11-8-9-14(12(2)10-11)15(18-19-16(17)20)13-6-4-3-5-7-13/h3-10H,1-2H3,(H3,17,19,20)/b18-15+. The number of urea groups is 1. The molecule has 3 N–H and O–H groups in total. The van der Waals surface area contributed by atoms with E-state index < -0.39 is 6.03 Å². The first-order valence-electron chi connectivity index (χ1n) is 6.34.